The lowest BCUT2D eigenvalue weighted by atomic mass is 9.96. The highest BCUT2D eigenvalue weighted by molar-refractivity contribution is 7.90. The van der Waals surface area contributed by atoms with Crippen LogP contribution in [0.2, 0.25) is 0 Å². The van der Waals surface area contributed by atoms with Crippen LogP contribution in [0.3, 0.4) is 0 Å². The van der Waals surface area contributed by atoms with Crippen molar-refractivity contribution in [2.75, 3.05) is 31.0 Å². The van der Waals surface area contributed by atoms with E-state index in [0.29, 0.717) is 34.7 Å². The molecule has 4 aromatic rings. The van der Waals surface area contributed by atoms with Crippen molar-refractivity contribution in [2.24, 2.45) is 7.05 Å². The summed E-state index contributed by atoms with van der Waals surface area (Å²) in [5.74, 6) is 0.208. The van der Waals surface area contributed by atoms with Gasteiger partial charge in [0.15, 0.2) is 0 Å². The van der Waals surface area contributed by atoms with Crippen LogP contribution in [0, 0.1) is 5.82 Å². The summed E-state index contributed by atoms with van der Waals surface area (Å²) in [4.78, 5) is 14.0. The van der Waals surface area contributed by atoms with E-state index in [1.54, 1.807) is 48.3 Å². The average molecular weight is 552 g/mol. The topological polar surface area (TPSA) is 99.5 Å². The van der Waals surface area contributed by atoms with Crippen LogP contribution < -0.4 is 14.8 Å². The number of benzene rings is 3. The number of hydrogen-bond donors (Lipinski definition) is 1. The van der Waals surface area contributed by atoms with Gasteiger partial charge in [0.1, 0.15) is 38.9 Å². The molecular formula is C29H30FN3O5S. The van der Waals surface area contributed by atoms with E-state index < -0.39 is 21.7 Å². The molecule has 1 unspecified atom stereocenters. The molecule has 0 radical (unpaired) electrons. The minimum absolute atomic E-state index is 0.0110. The number of ether oxygens (including phenoxy) is 2. The molecule has 0 bridgehead atoms. The van der Waals surface area contributed by atoms with Gasteiger partial charge in [-0.05, 0) is 29.7 Å². The highest BCUT2D eigenvalue weighted by Crippen LogP contribution is 2.32. The van der Waals surface area contributed by atoms with Crippen molar-refractivity contribution in [3.8, 4) is 22.6 Å². The molecule has 204 valence electrons. The third-order valence-corrected chi connectivity index (χ3v) is 7.00. The van der Waals surface area contributed by atoms with E-state index in [1.165, 1.54) is 25.5 Å². The van der Waals surface area contributed by atoms with Crippen LogP contribution in [0.5, 0.6) is 11.5 Å². The number of halogens is 1. The Balaban J connectivity index is 1.67. The summed E-state index contributed by atoms with van der Waals surface area (Å²) < 4.78 is 49.4. The van der Waals surface area contributed by atoms with E-state index in [0.717, 1.165) is 5.56 Å². The van der Waals surface area contributed by atoms with Crippen LogP contribution in [-0.2, 0) is 16.9 Å². The molecule has 8 nitrogen and oxygen atoms in total. The van der Waals surface area contributed by atoms with Crippen LogP contribution >= 0.6 is 0 Å². The smallest absolute Gasteiger partial charge is 0.210 e. The van der Waals surface area contributed by atoms with Gasteiger partial charge in [0, 0.05) is 49.0 Å². The molecule has 10 heteroatoms. The molecule has 0 aliphatic heterocycles. The number of carbonyl (C=O) groups is 1. The molecule has 0 aliphatic carbocycles. The first kappa shape index (κ1) is 27.8. The predicted octanol–water partition coefficient (Wildman–Crippen LogP) is 5.08. The number of nitrogens with zero attached hydrogens (tertiary/aromatic N) is 2. The van der Waals surface area contributed by atoms with Gasteiger partial charge >= 0.3 is 0 Å². The van der Waals surface area contributed by atoms with Crippen molar-refractivity contribution < 1.29 is 27.1 Å². The second-order valence-corrected chi connectivity index (χ2v) is 11.4. The quantitative estimate of drug-likeness (QED) is 0.194. The molecular weight excluding hydrogens is 521 g/mol. The standard InChI is InChI=1S/C29H30FN3O5S/c1-33-19-26(20-8-5-4-6-9-20)28(32-33)29(34)27(21-10-12-22(30)13-11-21)31-23-16-24(37-2)18-25(17-23)38-14-7-15-39(3,35)36/h4-6,8-13,16-19,27,31H,7,14-15H2,1-3H3. The Labute approximate surface area is 227 Å². The second-order valence-electron chi connectivity index (χ2n) is 9.15. The van der Waals surface area contributed by atoms with Crippen LogP contribution in [0.25, 0.3) is 11.1 Å². The molecule has 1 atom stereocenters. The maximum absolute atomic E-state index is 14.0. The van der Waals surface area contributed by atoms with E-state index >= 15 is 0 Å². The SMILES string of the molecule is COc1cc(NC(C(=O)c2nn(C)cc2-c2ccccc2)c2ccc(F)cc2)cc(OCCCS(C)(=O)=O)c1. The molecule has 0 amide bonds. The van der Waals surface area contributed by atoms with Crippen molar-refractivity contribution in [1.29, 1.82) is 0 Å². The fourth-order valence-electron chi connectivity index (χ4n) is 4.13. The molecule has 4 rings (SSSR count). The van der Waals surface area contributed by atoms with Gasteiger partial charge in [0.05, 0.1) is 19.5 Å². The van der Waals surface area contributed by atoms with Crippen molar-refractivity contribution >= 4 is 21.3 Å². The summed E-state index contributed by atoms with van der Waals surface area (Å²) in [6.07, 6.45) is 3.30. The van der Waals surface area contributed by atoms with Gasteiger partial charge in [0.2, 0.25) is 5.78 Å². The minimum atomic E-state index is -3.10. The first-order valence-corrected chi connectivity index (χ1v) is 14.3. The zero-order chi connectivity index (χ0) is 28.0. The number of nitrogens with one attached hydrogen (secondary N) is 1. The van der Waals surface area contributed by atoms with E-state index in [2.05, 4.69) is 10.4 Å². The monoisotopic (exact) mass is 551 g/mol. The highest BCUT2D eigenvalue weighted by Gasteiger charge is 2.28. The largest absolute Gasteiger partial charge is 0.497 e. The minimum Gasteiger partial charge on any atom is -0.497 e. The third-order valence-electron chi connectivity index (χ3n) is 5.97. The predicted molar refractivity (Wildman–Crippen MR) is 149 cm³/mol. The summed E-state index contributed by atoms with van der Waals surface area (Å²) in [6, 6.07) is 19.4. The molecule has 3 aromatic carbocycles. The van der Waals surface area contributed by atoms with Crippen LogP contribution in [0.4, 0.5) is 10.1 Å². The molecule has 1 N–H and O–H groups in total. The maximum atomic E-state index is 14.0. The first-order chi connectivity index (χ1) is 18.6. The van der Waals surface area contributed by atoms with Crippen LogP contribution in [0.1, 0.15) is 28.5 Å². The van der Waals surface area contributed by atoms with E-state index in [9.17, 15) is 17.6 Å². The lowest BCUT2D eigenvalue weighted by molar-refractivity contribution is 0.0964. The Morgan fingerprint density at radius 2 is 1.74 bits per heavy atom. The van der Waals surface area contributed by atoms with Crippen molar-refractivity contribution in [1.82, 2.24) is 9.78 Å². The van der Waals surface area contributed by atoms with E-state index in [-0.39, 0.29) is 23.8 Å². The third kappa shape index (κ3) is 7.44. The maximum Gasteiger partial charge on any atom is 0.210 e. The number of carbonyl (C=O) groups excluding carboxylic acids is 1. The first-order valence-electron chi connectivity index (χ1n) is 12.3. The lowest BCUT2D eigenvalue weighted by Gasteiger charge is -2.20. The normalized spacial score (nSPS) is 12.1. The second kappa shape index (κ2) is 12.1. The summed E-state index contributed by atoms with van der Waals surface area (Å²) >= 11 is 0. The fraction of sp³-hybridized carbons (Fsp3) is 0.241. The van der Waals surface area contributed by atoms with E-state index in [4.69, 9.17) is 9.47 Å². The number of anilines is 1. The van der Waals surface area contributed by atoms with Gasteiger partial charge in [-0.15, -0.1) is 0 Å². The summed E-state index contributed by atoms with van der Waals surface area (Å²) in [7, 11) is 0.162. The number of rotatable bonds is 12. The number of hydrogen-bond acceptors (Lipinski definition) is 7. The van der Waals surface area contributed by atoms with Crippen molar-refractivity contribution in [2.45, 2.75) is 12.5 Å². The fourth-order valence-corrected chi connectivity index (χ4v) is 4.77. The summed E-state index contributed by atoms with van der Waals surface area (Å²) in [6.45, 7) is 0.189. The number of ketones is 1. The lowest BCUT2D eigenvalue weighted by Crippen LogP contribution is -2.22. The molecule has 0 saturated heterocycles. The van der Waals surface area contributed by atoms with Gasteiger partial charge in [-0.1, -0.05) is 42.5 Å². The number of aryl methyl sites for hydroxylation is 1. The highest BCUT2D eigenvalue weighted by atomic mass is 32.2. The molecule has 1 heterocycles. The Bertz CT molecular complexity index is 1540. The molecule has 39 heavy (non-hydrogen) atoms. The van der Waals surface area contributed by atoms with Crippen molar-refractivity contribution in [3.05, 3.63) is 96.1 Å². The number of methoxy groups -OCH3 is 1. The number of Topliss-reactive ketones (excluding diaryl/α,β-unsaturated/α-hetero) is 1. The summed E-state index contributed by atoms with van der Waals surface area (Å²) in [5.41, 5.74) is 2.86. The molecule has 1 aromatic heterocycles. The van der Waals surface area contributed by atoms with E-state index in [1.807, 2.05) is 30.3 Å². The Kier molecular flexibility index (Phi) is 8.65. The van der Waals surface area contributed by atoms with Gasteiger partial charge in [-0.25, -0.2) is 12.8 Å². The molecule has 0 spiro atoms. The zero-order valence-electron chi connectivity index (χ0n) is 21.9. The van der Waals surface area contributed by atoms with Gasteiger partial charge in [-0.2, -0.15) is 5.10 Å². The van der Waals surface area contributed by atoms with Crippen LogP contribution in [0.15, 0.2) is 79.0 Å². The van der Waals surface area contributed by atoms with Crippen molar-refractivity contribution in [3.63, 3.8) is 0 Å². The Morgan fingerprint density at radius 3 is 2.41 bits per heavy atom. The number of sulfone groups is 1. The Morgan fingerprint density at radius 1 is 1.05 bits per heavy atom. The van der Waals surface area contributed by atoms with Gasteiger partial charge < -0.3 is 14.8 Å². The molecule has 0 fully saturated rings. The zero-order valence-corrected chi connectivity index (χ0v) is 22.7. The van der Waals surface area contributed by atoms with Crippen LogP contribution in [-0.4, -0.2) is 49.7 Å². The Hall–Kier alpha value is -4.18. The van der Waals surface area contributed by atoms with Gasteiger partial charge in [0.25, 0.3) is 0 Å². The molecule has 0 aliphatic rings. The molecule has 0 saturated carbocycles. The average Bonchev–Trinajstić information content (AvgIpc) is 3.31. The van der Waals surface area contributed by atoms with Gasteiger partial charge in [-0.3, -0.25) is 9.48 Å². The number of aromatic nitrogens is 2. The summed E-state index contributed by atoms with van der Waals surface area (Å²) in [5, 5.41) is 7.72.